The number of para-hydroxylation sites is 2. The summed E-state index contributed by atoms with van der Waals surface area (Å²) in [5.41, 5.74) is 12.2. The molecule has 0 aliphatic carbocycles. The fourth-order valence-electron chi connectivity index (χ4n) is 9.98. The lowest BCUT2D eigenvalue weighted by molar-refractivity contribution is 0.670. The standard InChI is InChI=1S/C60H41N3OSi/c1-40-18-15-26-45(36-40)65(43-22-7-3-8-23-43,44-24-9-4-10-25-44)46-27-16-21-42(37-46)53-38-55(51-30-17-29-50-47-28-11-12-32-57(47)64-60(50)51)62-58-49(53)34-33-48-52(41-19-5-2-6-20-41)39-56(63-59(48)58)54-31-13-14-35-61-54/h2-39H,1H3. The average molecular weight is 848 g/mol. The zero-order chi connectivity index (χ0) is 43.3. The Morgan fingerprint density at radius 1 is 0.369 bits per heavy atom. The molecule has 8 aromatic carbocycles. The molecule has 4 aromatic heterocycles. The van der Waals surface area contributed by atoms with Crippen LogP contribution in [0.5, 0.6) is 0 Å². The van der Waals surface area contributed by atoms with Gasteiger partial charge < -0.3 is 4.42 Å². The van der Waals surface area contributed by atoms with Gasteiger partial charge in [0.2, 0.25) is 0 Å². The average Bonchev–Trinajstić information content (AvgIpc) is 3.76. The van der Waals surface area contributed by atoms with Crippen molar-refractivity contribution in [2.45, 2.75) is 6.92 Å². The number of fused-ring (bicyclic) bond motifs is 6. The predicted octanol–water partition coefficient (Wildman–Crippen LogP) is 12.4. The number of hydrogen-bond acceptors (Lipinski definition) is 4. The molecule has 0 atom stereocenters. The van der Waals surface area contributed by atoms with Gasteiger partial charge in [0.15, 0.2) is 8.07 Å². The van der Waals surface area contributed by atoms with Crippen LogP contribution in [0, 0.1) is 6.92 Å². The van der Waals surface area contributed by atoms with Gasteiger partial charge in [-0.2, -0.15) is 0 Å². The molecule has 12 aromatic rings. The van der Waals surface area contributed by atoms with Crippen molar-refractivity contribution in [1.82, 2.24) is 15.0 Å². The van der Waals surface area contributed by atoms with Gasteiger partial charge in [-0.05, 0) is 86.3 Å². The lowest BCUT2D eigenvalue weighted by Gasteiger charge is -2.35. The third-order valence-electron chi connectivity index (χ3n) is 12.9. The van der Waals surface area contributed by atoms with E-state index >= 15 is 0 Å². The van der Waals surface area contributed by atoms with Crippen LogP contribution in [-0.4, -0.2) is 23.0 Å². The van der Waals surface area contributed by atoms with Crippen LogP contribution in [0.1, 0.15) is 5.56 Å². The summed E-state index contributed by atoms with van der Waals surface area (Å²) in [5, 5.41) is 9.48. The Balaban J connectivity index is 1.19. The highest BCUT2D eigenvalue weighted by Gasteiger charge is 2.41. The maximum atomic E-state index is 6.70. The summed E-state index contributed by atoms with van der Waals surface area (Å²) in [6.45, 7) is 2.20. The van der Waals surface area contributed by atoms with Gasteiger partial charge in [-0.15, -0.1) is 0 Å². The summed E-state index contributed by atoms with van der Waals surface area (Å²) in [6, 6.07) is 80.8. The first-order valence-electron chi connectivity index (χ1n) is 22.1. The van der Waals surface area contributed by atoms with E-state index in [2.05, 4.69) is 201 Å². The Morgan fingerprint density at radius 2 is 0.923 bits per heavy atom. The fraction of sp³-hybridized carbons (Fsp3) is 0.0167. The van der Waals surface area contributed by atoms with Crippen LogP contribution < -0.4 is 20.7 Å². The largest absolute Gasteiger partial charge is 0.455 e. The summed E-state index contributed by atoms with van der Waals surface area (Å²) in [4.78, 5) is 15.9. The lowest BCUT2D eigenvalue weighted by Crippen LogP contribution is -2.74. The summed E-state index contributed by atoms with van der Waals surface area (Å²) in [6.07, 6.45) is 1.83. The SMILES string of the molecule is Cc1cccc([Si](c2ccccc2)(c2ccccc2)c2cccc(-c3cc(-c4cccc5c4oc4ccccc45)nc4c3ccc3c(-c5ccccc5)cc(-c5ccccn5)nc34)c2)c1. The van der Waals surface area contributed by atoms with E-state index in [1.807, 2.05) is 36.5 Å². The van der Waals surface area contributed by atoms with E-state index in [-0.39, 0.29) is 0 Å². The Kier molecular flexibility index (Phi) is 9.36. The molecule has 0 aliphatic heterocycles. The van der Waals surface area contributed by atoms with Crippen molar-refractivity contribution in [2.24, 2.45) is 0 Å². The molecule has 0 spiro atoms. The Bertz CT molecular complexity index is 3680. The molecule has 65 heavy (non-hydrogen) atoms. The van der Waals surface area contributed by atoms with Crippen molar-refractivity contribution >= 4 is 72.6 Å². The molecule has 0 N–H and O–H groups in total. The number of pyridine rings is 3. The second-order valence-electron chi connectivity index (χ2n) is 16.8. The Morgan fingerprint density at radius 3 is 1.63 bits per heavy atom. The van der Waals surface area contributed by atoms with Crippen LogP contribution in [0.25, 0.3) is 88.6 Å². The van der Waals surface area contributed by atoms with Gasteiger partial charge in [-0.25, -0.2) is 9.97 Å². The molecule has 0 amide bonds. The first-order valence-corrected chi connectivity index (χ1v) is 24.1. The molecule has 4 nitrogen and oxygen atoms in total. The predicted molar refractivity (Wildman–Crippen MR) is 272 cm³/mol. The van der Waals surface area contributed by atoms with Crippen molar-refractivity contribution in [3.05, 3.63) is 236 Å². The minimum Gasteiger partial charge on any atom is -0.455 e. The van der Waals surface area contributed by atoms with Crippen molar-refractivity contribution in [2.75, 3.05) is 0 Å². The first kappa shape index (κ1) is 38.4. The van der Waals surface area contributed by atoms with E-state index in [4.69, 9.17) is 19.4 Å². The quantitative estimate of drug-likeness (QED) is 0.0868. The molecule has 0 unspecified atom stereocenters. The number of aryl methyl sites for hydroxylation is 1. The summed E-state index contributed by atoms with van der Waals surface area (Å²) < 4.78 is 6.70. The van der Waals surface area contributed by atoms with Gasteiger partial charge in [-0.3, -0.25) is 4.98 Å². The molecule has 0 aliphatic rings. The fourth-order valence-corrected chi connectivity index (χ4v) is 14.9. The van der Waals surface area contributed by atoms with Gasteiger partial charge in [0, 0.05) is 33.3 Å². The van der Waals surface area contributed by atoms with E-state index in [0.29, 0.717) is 0 Å². The highest BCUT2D eigenvalue weighted by molar-refractivity contribution is 7.20. The number of aromatic nitrogens is 3. The van der Waals surface area contributed by atoms with Crippen LogP contribution in [0.15, 0.2) is 235 Å². The normalized spacial score (nSPS) is 11.8. The second-order valence-corrected chi connectivity index (χ2v) is 20.6. The first-order chi connectivity index (χ1) is 32.1. The summed E-state index contributed by atoms with van der Waals surface area (Å²) in [5.74, 6) is 0. The monoisotopic (exact) mass is 847 g/mol. The topological polar surface area (TPSA) is 51.8 Å². The lowest BCUT2D eigenvalue weighted by atomic mass is 9.94. The van der Waals surface area contributed by atoms with Gasteiger partial charge in [-0.1, -0.05) is 194 Å². The number of benzene rings is 8. The minimum atomic E-state index is -2.88. The smallest absolute Gasteiger partial charge is 0.179 e. The number of rotatable bonds is 8. The molecule has 4 heterocycles. The zero-order valence-corrected chi connectivity index (χ0v) is 36.7. The molecular formula is C60H41N3OSi. The molecule has 0 fully saturated rings. The van der Waals surface area contributed by atoms with E-state index in [0.717, 1.165) is 88.6 Å². The number of hydrogen-bond donors (Lipinski definition) is 0. The highest BCUT2D eigenvalue weighted by Crippen LogP contribution is 2.41. The van der Waals surface area contributed by atoms with Crippen molar-refractivity contribution < 1.29 is 4.42 Å². The number of furan rings is 1. The third-order valence-corrected chi connectivity index (χ3v) is 17.7. The molecule has 0 saturated carbocycles. The maximum absolute atomic E-state index is 6.70. The van der Waals surface area contributed by atoms with E-state index in [9.17, 15) is 0 Å². The Hall–Kier alpha value is -8.25. The maximum Gasteiger partial charge on any atom is 0.179 e. The highest BCUT2D eigenvalue weighted by atomic mass is 28.3. The number of nitrogens with zero attached hydrogens (tertiary/aromatic N) is 3. The molecule has 0 radical (unpaired) electrons. The van der Waals surface area contributed by atoms with Crippen molar-refractivity contribution in [3.8, 4) is 44.9 Å². The molecule has 0 bridgehead atoms. The van der Waals surface area contributed by atoms with Crippen LogP contribution in [0.4, 0.5) is 0 Å². The minimum absolute atomic E-state index is 0.791. The molecular weight excluding hydrogens is 807 g/mol. The van der Waals surface area contributed by atoms with Crippen LogP contribution in [0.2, 0.25) is 0 Å². The summed E-state index contributed by atoms with van der Waals surface area (Å²) >= 11 is 0. The van der Waals surface area contributed by atoms with Gasteiger partial charge in [0.1, 0.15) is 11.2 Å². The van der Waals surface area contributed by atoms with Crippen LogP contribution in [-0.2, 0) is 0 Å². The van der Waals surface area contributed by atoms with Crippen molar-refractivity contribution in [1.29, 1.82) is 0 Å². The van der Waals surface area contributed by atoms with Crippen LogP contribution >= 0.6 is 0 Å². The zero-order valence-electron chi connectivity index (χ0n) is 35.7. The van der Waals surface area contributed by atoms with Crippen molar-refractivity contribution in [3.63, 3.8) is 0 Å². The molecule has 12 rings (SSSR count). The third kappa shape index (κ3) is 6.47. The van der Waals surface area contributed by atoms with E-state index < -0.39 is 8.07 Å². The molecule has 0 saturated heterocycles. The van der Waals surface area contributed by atoms with E-state index in [1.165, 1.54) is 26.3 Å². The second kappa shape index (κ2) is 15.8. The Labute approximate surface area is 378 Å². The van der Waals surface area contributed by atoms with Gasteiger partial charge >= 0.3 is 0 Å². The van der Waals surface area contributed by atoms with Gasteiger partial charge in [0.25, 0.3) is 0 Å². The summed E-state index contributed by atoms with van der Waals surface area (Å²) in [7, 11) is -2.88. The molecule has 5 heteroatoms. The van der Waals surface area contributed by atoms with Gasteiger partial charge in [0.05, 0.1) is 28.1 Å². The molecule has 306 valence electrons. The van der Waals surface area contributed by atoms with Crippen LogP contribution in [0.3, 0.4) is 0 Å². The van der Waals surface area contributed by atoms with E-state index in [1.54, 1.807) is 0 Å².